The summed E-state index contributed by atoms with van der Waals surface area (Å²) >= 11 is 0. The Bertz CT molecular complexity index is 880. The molecule has 0 radical (unpaired) electrons. The molecule has 2 rings (SSSR count). The highest BCUT2D eigenvalue weighted by atomic mass is 32.2. The minimum atomic E-state index is -3.99. The monoisotopic (exact) mass is 353 g/mol. The molecule has 0 fully saturated rings. The molecule has 0 aromatic heterocycles. The van der Waals surface area contributed by atoms with Crippen LogP contribution in [0.15, 0.2) is 41.3 Å². The number of carbonyl (C=O) groups excluding carboxylic acids is 1. The SMILES string of the molecule is COC(=O)c1ccc(OC)c(NS(=O)(=O)c2ccc(F)cc2C)c1. The topological polar surface area (TPSA) is 81.7 Å². The van der Waals surface area contributed by atoms with E-state index in [9.17, 15) is 17.6 Å². The zero-order valence-electron chi connectivity index (χ0n) is 13.3. The van der Waals surface area contributed by atoms with Gasteiger partial charge in [-0.1, -0.05) is 0 Å². The average molecular weight is 353 g/mol. The molecule has 0 amide bonds. The predicted octanol–water partition coefficient (Wildman–Crippen LogP) is 2.73. The van der Waals surface area contributed by atoms with Crippen LogP contribution in [0.1, 0.15) is 15.9 Å². The summed E-state index contributed by atoms with van der Waals surface area (Å²) in [5.41, 5.74) is 0.488. The molecule has 0 spiro atoms. The second-order valence-electron chi connectivity index (χ2n) is 4.92. The molecule has 0 aliphatic carbocycles. The number of aryl methyl sites for hydroxylation is 1. The standard InChI is InChI=1S/C16H16FNO5S/c1-10-8-12(17)5-7-15(10)24(20,21)18-13-9-11(16(19)23-3)4-6-14(13)22-2/h4-9,18H,1-3H3. The summed E-state index contributed by atoms with van der Waals surface area (Å²) in [4.78, 5) is 11.5. The molecule has 0 atom stereocenters. The van der Waals surface area contributed by atoms with E-state index in [1.165, 1.54) is 45.4 Å². The molecule has 2 aromatic carbocycles. The van der Waals surface area contributed by atoms with E-state index in [0.29, 0.717) is 0 Å². The Labute approximate surface area is 139 Å². The molecular formula is C16H16FNO5S. The molecule has 6 nitrogen and oxygen atoms in total. The van der Waals surface area contributed by atoms with Crippen molar-refractivity contribution in [3.05, 3.63) is 53.3 Å². The lowest BCUT2D eigenvalue weighted by atomic mass is 10.2. The number of benzene rings is 2. The summed E-state index contributed by atoms with van der Waals surface area (Å²) in [6.07, 6.45) is 0. The van der Waals surface area contributed by atoms with Crippen molar-refractivity contribution in [3.63, 3.8) is 0 Å². The smallest absolute Gasteiger partial charge is 0.337 e. The molecule has 24 heavy (non-hydrogen) atoms. The highest BCUT2D eigenvalue weighted by Crippen LogP contribution is 2.29. The number of rotatable bonds is 5. The molecule has 8 heteroatoms. The van der Waals surface area contributed by atoms with Crippen LogP contribution >= 0.6 is 0 Å². The van der Waals surface area contributed by atoms with Crippen molar-refractivity contribution in [3.8, 4) is 5.75 Å². The van der Waals surface area contributed by atoms with Crippen molar-refractivity contribution in [1.29, 1.82) is 0 Å². The first-order valence-corrected chi connectivity index (χ1v) is 8.32. The Morgan fingerprint density at radius 2 is 1.83 bits per heavy atom. The lowest BCUT2D eigenvalue weighted by Gasteiger charge is -2.14. The van der Waals surface area contributed by atoms with Crippen LogP contribution < -0.4 is 9.46 Å². The van der Waals surface area contributed by atoms with Crippen LogP contribution in [0, 0.1) is 12.7 Å². The maximum atomic E-state index is 13.2. The highest BCUT2D eigenvalue weighted by Gasteiger charge is 2.20. The fourth-order valence-electron chi connectivity index (χ4n) is 2.15. The van der Waals surface area contributed by atoms with Gasteiger partial charge in [0.15, 0.2) is 0 Å². The van der Waals surface area contributed by atoms with E-state index in [1.54, 1.807) is 0 Å². The number of hydrogen-bond donors (Lipinski definition) is 1. The fraction of sp³-hybridized carbons (Fsp3) is 0.188. The molecule has 0 saturated carbocycles. The quantitative estimate of drug-likeness (QED) is 0.836. The number of esters is 1. The van der Waals surface area contributed by atoms with Crippen LogP contribution in [-0.2, 0) is 14.8 Å². The van der Waals surface area contributed by atoms with Gasteiger partial charge >= 0.3 is 5.97 Å². The van der Waals surface area contributed by atoms with E-state index < -0.39 is 21.8 Å². The molecule has 0 saturated heterocycles. The van der Waals surface area contributed by atoms with E-state index in [0.717, 1.165) is 12.1 Å². The van der Waals surface area contributed by atoms with Crippen molar-refractivity contribution in [2.75, 3.05) is 18.9 Å². The molecule has 0 aliphatic heterocycles. The fourth-order valence-corrected chi connectivity index (χ4v) is 3.44. The van der Waals surface area contributed by atoms with Gasteiger partial charge in [0, 0.05) is 0 Å². The number of hydrogen-bond acceptors (Lipinski definition) is 5. The number of ether oxygens (including phenoxy) is 2. The minimum Gasteiger partial charge on any atom is -0.495 e. The summed E-state index contributed by atoms with van der Waals surface area (Å²) in [5, 5.41) is 0. The van der Waals surface area contributed by atoms with Crippen LogP contribution in [0.5, 0.6) is 5.75 Å². The van der Waals surface area contributed by atoms with Gasteiger partial charge in [-0.2, -0.15) is 0 Å². The molecule has 2 aromatic rings. The van der Waals surface area contributed by atoms with E-state index in [2.05, 4.69) is 9.46 Å². The Hall–Kier alpha value is -2.61. The average Bonchev–Trinajstić information content (AvgIpc) is 2.53. The zero-order valence-corrected chi connectivity index (χ0v) is 14.1. The van der Waals surface area contributed by atoms with Gasteiger partial charge in [-0.25, -0.2) is 17.6 Å². The molecule has 0 unspecified atom stereocenters. The van der Waals surface area contributed by atoms with Crippen LogP contribution in [0.2, 0.25) is 0 Å². The Morgan fingerprint density at radius 3 is 2.42 bits per heavy atom. The van der Waals surface area contributed by atoms with Crippen molar-refractivity contribution in [2.45, 2.75) is 11.8 Å². The number of halogens is 1. The number of nitrogens with one attached hydrogen (secondary N) is 1. The van der Waals surface area contributed by atoms with Crippen LogP contribution in [0.25, 0.3) is 0 Å². The van der Waals surface area contributed by atoms with E-state index in [1.807, 2.05) is 0 Å². The van der Waals surface area contributed by atoms with E-state index in [4.69, 9.17) is 4.74 Å². The maximum Gasteiger partial charge on any atom is 0.337 e. The third kappa shape index (κ3) is 3.65. The lowest BCUT2D eigenvalue weighted by molar-refractivity contribution is 0.0600. The molecule has 0 bridgehead atoms. The largest absolute Gasteiger partial charge is 0.495 e. The van der Waals surface area contributed by atoms with Gasteiger partial charge in [-0.15, -0.1) is 0 Å². The number of methoxy groups -OCH3 is 2. The molecule has 0 heterocycles. The molecule has 128 valence electrons. The van der Waals surface area contributed by atoms with Crippen molar-refractivity contribution in [1.82, 2.24) is 0 Å². The number of sulfonamides is 1. The van der Waals surface area contributed by atoms with Crippen molar-refractivity contribution < 1.29 is 27.1 Å². The predicted molar refractivity (Wildman–Crippen MR) is 86.3 cm³/mol. The van der Waals surface area contributed by atoms with Gasteiger partial charge in [-0.3, -0.25) is 4.72 Å². The second kappa shape index (κ2) is 6.88. The van der Waals surface area contributed by atoms with Crippen LogP contribution in [-0.4, -0.2) is 28.6 Å². The van der Waals surface area contributed by atoms with Crippen molar-refractivity contribution in [2.24, 2.45) is 0 Å². The highest BCUT2D eigenvalue weighted by molar-refractivity contribution is 7.92. The van der Waals surface area contributed by atoms with Gasteiger partial charge in [-0.05, 0) is 48.9 Å². The summed E-state index contributed by atoms with van der Waals surface area (Å²) in [6, 6.07) is 7.55. The second-order valence-corrected chi connectivity index (χ2v) is 6.57. The van der Waals surface area contributed by atoms with Crippen LogP contribution in [0.3, 0.4) is 0 Å². The third-order valence-electron chi connectivity index (χ3n) is 3.29. The Morgan fingerprint density at radius 1 is 1.12 bits per heavy atom. The van der Waals surface area contributed by atoms with Gasteiger partial charge in [0.25, 0.3) is 10.0 Å². The van der Waals surface area contributed by atoms with Gasteiger partial charge < -0.3 is 9.47 Å². The first-order chi connectivity index (χ1) is 11.3. The Kier molecular flexibility index (Phi) is 5.08. The summed E-state index contributed by atoms with van der Waals surface area (Å²) in [6.45, 7) is 1.49. The molecule has 1 N–H and O–H groups in total. The van der Waals surface area contributed by atoms with E-state index >= 15 is 0 Å². The van der Waals surface area contributed by atoms with Gasteiger partial charge in [0.1, 0.15) is 11.6 Å². The first-order valence-electron chi connectivity index (χ1n) is 6.84. The normalized spacial score (nSPS) is 11.0. The van der Waals surface area contributed by atoms with Gasteiger partial charge in [0.2, 0.25) is 0 Å². The van der Waals surface area contributed by atoms with Crippen molar-refractivity contribution >= 4 is 21.7 Å². The lowest BCUT2D eigenvalue weighted by Crippen LogP contribution is -2.15. The van der Waals surface area contributed by atoms with Gasteiger partial charge in [0.05, 0.1) is 30.4 Å². The third-order valence-corrected chi connectivity index (χ3v) is 4.82. The summed E-state index contributed by atoms with van der Waals surface area (Å²) in [5.74, 6) is -0.918. The summed E-state index contributed by atoms with van der Waals surface area (Å²) in [7, 11) is -1.40. The first kappa shape index (κ1) is 17.7. The number of carbonyl (C=O) groups is 1. The molecular weight excluding hydrogens is 337 g/mol. The molecule has 0 aliphatic rings. The zero-order chi connectivity index (χ0) is 17.9. The Balaban J connectivity index is 2.46. The van der Waals surface area contributed by atoms with E-state index in [-0.39, 0.29) is 27.5 Å². The van der Waals surface area contributed by atoms with Crippen LogP contribution in [0.4, 0.5) is 10.1 Å². The number of anilines is 1. The minimum absolute atomic E-state index is 0.0733. The maximum absolute atomic E-state index is 13.2. The summed E-state index contributed by atoms with van der Waals surface area (Å²) < 4.78 is 50.3.